The van der Waals surface area contributed by atoms with Gasteiger partial charge in [0.25, 0.3) is 11.8 Å². The summed E-state index contributed by atoms with van der Waals surface area (Å²) < 4.78 is 1.25. The Morgan fingerprint density at radius 2 is 1.16 bits per heavy atom. The molecule has 0 unspecified atom stereocenters. The van der Waals surface area contributed by atoms with Crippen LogP contribution in [0.4, 0.5) is 11.4 Å². The van der Waals surface area contributed by atoms with Crippen LogP contribution in [0.15, 0.2) is 78.4 Å². The van der Waals surface area contributed by atoms with E-state index in [4.69, 9.17) is 0 Å². The zero-order valence-electron chi connectivity index (χ0n) is 16.3. The number of phenols is 1. The van der Waals surface area contributed by atoms with Gasteiger partial charge in [-0.3, -0.25) is 9.59 Å². The van der Waals surface area contributed by atoms with Crippen molar-refractivity contribution >= 4 is 74.4 Å². The zero-order chi connectivity index (χ0) is 22.0. The summed E-state index contributed by atoms with van der Waals surface area (Å²) in [7, 11) is 0. The van der Waals surface area contributed by atoms with Gasteiger partial charge in [-0.05, 0) is 48.0 Å². The van der Waals surface area contributed by atoms with Crippen LogP contribution in [0.2, 0.25) is 0 Å². The molecule has 1 N–H and O–H groups in total. The fraction of sp³-hybridized carbons (Fsp3) is 0.0833. The Balaban J connectivity index is 1.85. The molecule has 0 radical (unpaired) electrons. The largest absolute Gasteiger partial charge is 0.507 e. The van der Waals surface area contributed by atoms with Gasteiger partial charge in [-0.2, -0.15) is 0 Å². The number of amides is 2. The number of hydrogen-bond acceptors (Lipinski definition) is 3. The standard InChI is InChI=1S/C24H18I2N2O3/c25-14-17-11-16(12-18(15-26)22(17)29)13-21-23(30)27(19-7-3-1-4-8-19)28(24(21)31)20-9-5-2-6-10-20/h1-13,29H,14-15H2. The minimum atomic E-state index is -0.389. The third-order valence-corrected chi connectivity index (χ3v) is 6.58. The number of para-hydroxylation sites is 2. The smallest absolute Gasteiger partial charge is 0.283 e. The first-order valence-electron chi connectivity index (χ1n) is 9.52. The lowest BCUT2D eigenvalue weighted by Crippen LogP contribution is -2.41. The lowest BCUT2D eigenvalue weighted by molar-refractivity contribution is -0.116. The number of carbonyl (C=O) groups is 2. The molecule has 2 amide bonds. The normalized spacial score (nSPS) is 13.8. The van der Waals surface area contributed by atoms with E-state index in [1.54, 1.807) is 30.3 Å². The maximum Gasteiger partial charge on any atom is 0.283 e. The van der Waals surface area contributed by atoms with E-state index in [-0.39, 0.29) is 23.1 Å². The quantitative estimate of drug-likeness (QED) is 0.171. The number of rotatable bonds is 5. The van der Waals surface area contributed by atoms with Gasteiger partial charge in [-0.15, -0.1) is 0 Å². The maximum atomic E-state index is 13.4. The molecule has 0 saturated carbocycles. The molecule has 7 heteroatoms. The van der Waals surface area contributed by atoms with Crippen molar-refractivity contribution in [1.82, 2.24) is 0 Å². The van der Waals surface area contributed by atoms with Crippen LogP contribution >= 0.6 is 45.2 Å². The average Bonchev–Trinajstić information content (AvgIpc) is 3.05. The van der Waals surface area contributed by atoms with Crippen molar-refractivity contribution < 1.29 is 14.7 Å². The molecular weight excluding hydrogens is 618 g/mol. The van der Waals surface area contributed by atoms with E-state index in [1.807, 2.05) is 48.5 Å². The topological polar surface area (TPSA) is 60.9 Å². The molecule has 1 saturated heterocycles. The number of aromatic hydroxyl groups is 1. The summed E-state index contributed by atoms with van der Waals surface area (Å²) in [4.78, 5) is 26.8. The Morgan fingerprint density at radius 3 is 1.55 bits per heavy atom. The molecule has 1 aliphatic heterocycles. The van der Waals surface area contributed by atoms with Gasteiger partial charge in [0.05, 0.1) is 11.4 Å². The first-order chi connectivity index (χ1) is 15.0. The molecule has 0 bridgehead atoms. The SMILES string of the molecule is O=C1C(=Cc2cc(CI)c(O)c(CI)c2)C(=O)N(c2ccccc2)N1c1ccccc1. The Kier molecular flexibility index (Phi) is 6.61. The summed E-state index contributed by atoms with van der Waals surface area (Å²) in [5, 5.41) is 13.2. The van der Waals surface area contributed by atoms with E-state index in [9.17, 15) is 14.7 Å². The number of phenolic OH excluding ortho intramolecular Hbond substituents is 1. The number of carbonyl (C=O) groups excluding carboxylic acids is 2. The molecule has 1 heterocycles. The minimum Gasteiger partial charge on any atom is -0.507 e. The van der Waals surface area contributed by atoms with E-state index in [1.165, 1.54) is 10.0 Å². The van der Waals surface area contributed by atoms with Gasteiger partial charge in [0, 0.05) is 20.0 Å². The first-order valence-corrected chi connectivity index (χ1v) is 12.6. The number of nitrogens with zero attached hydrogens (tertiary/aromatic N) is 2. The van der Waals surface area contributed by atoms with Gasteiger partial charge in [-0.1, -0.05) is 81.6 Å². The van der Waals surface area contributed by atoms with E-state index in [2.05, 4.69) is 45.2 Å². The fourth-order valence-corrected chi connectivity index (χ4v) is 4.63. The van der Waals surface area contributed by atoms with Crippen molar-refractivity contribution in [2.75, 3.05) is 10.0 Å². The second-order valence-corrected chi connectivity index (χ2v) is 8.44. The van der Waals surface area contributed by atoms with Crippen molar-refractivity contribution in [3.8, 4) is 5.75 Å². The Hall–Kier alpha value is -2.40. The highest BCUT2D eigenvalue weighted by atomic mass is 127. The minimum absolute atomic E-state index is 0.0808. The van der Waals surface area contributed by atoms with Gasteiger partial charge < -0.3 is 5.11 Å². The molecule has 0 aliphatic carbocycles. The second kappa shape index (κ2) is 9.39. The van der Waals surface area contributed by atoms with Crippen LogP contribution in [0.1, 0.15) is 16.7 Å². The van der Waals surface area contributed by atoms with E-state index in [0.717, 1.165) is 16.7 Å². The number of hydrogen-bond donors (Lipinski definition) is 1. The van der Waals surface area contributed by atoms with Crippen molar-refractivity contribution in [1.29, 1.82) is 0 Å². The average molecular weight is 636 g/mol. The van der Waals surface area contributed by atoms with Gasteiger partial charge in [0.15, 0.2) is 0 Å². The van der Waals surface area contributed by atoms with Crippen molar-refractivity contribution in [3.63, 3.8) is 0 Å². The van der Waals surface area contributed by atoms with Crippen molar-refractivity contribution in [3.05, 3.63) is 95.1 Å². The van der Waals surface area contributed by atoms with E-state index < -0.39 is 0 Å². The van der Waals surface area contributed by atoms with E-state index in [0.29, 0.717) is 20.2 Å². The van der Waals surface area contributed by atoms with Gasteiger partial charge >= 0.3 is 0 Å². The molecule has 1 aliphatic rings. The van der Waals surface area contributed by atoms with Crippen molar-refractivity contribution in [2.45, 2.75) is 8.86 Å². The maximum absolute atomic E-state index is 13.4. The van der Waals surface area contributed by atoms with Crippen LogP contribution in [0, 0.1) is 0 Å². The number of hydrazine groups is 1. The summed E-state index contributed by atoms with van der Waals surface area (Å²) in [6.07, 6.45) is 1.62. The van der Waals surface area contributed by atoms with Gasteiger partial charge in [-0.25, -0.2) is 10.0 Å². The molecular formula is C24H18I2N2O3. The van der Waals surface area contributed by atoms with Crippen LogP contribution in [0.5, 0.6) is 5.75 Å². The predicted octanol–water partition coefficient (Wildman–Crippen LogP) is 5.64. The Morgan fingerprint density at radius 1 is 0.742 bits per heavy atom. The highest BCUT2D eigenvalue weighted by Crippen LogP contribution is 2.34. The van der Waals surface area contributed by atoms with Crippen LogP contribution < -0.4 is 10.0 Å². The van der Waals surface area contributed by atoms with Crippen molar-refractivity contribution in [2.24, 2.45) is 0 Å². The Labute approximate surface area is 207 Å². The molecule has 1 fully saturated rings. The lowest BCUT2D eigenvalue weighted by Gasteiger charge is -2.27. The summed E-state index contributed by atoms with van der Waals surface area (Å²) in [6, 6.07) is 21.9. The monoisotopic (exact) mass is 636 g/mol. The number of benzene rings is 3. The molecule has 5 nitrogen and oxygen atoms in total. The van der Waals surface area contributed by atoms with Gasteiger partial charge in [0.2, 0.25) is 0 Å². The molecule has 3 aromatic carbocycles. The van der Waals surface area contributed by atoms with Crippen LogP contribution in [-0.2, 0) is 18.4 Å². The highest BCUT2D eigenvalue weighted by molar-refractivity contribution is 14.1. The summed E-state index contributed by atoms with van der Waals surface area (Å²) in [5.41, 5.74) is 3.58. The molecule has 31 heavy (non-hydrogen) atoms. The number of anilines is 2. The van der Waals surface area contributed by atoms with E-state index >= 15 is 0 Å². The fourth-order valence-electron chi connectivity index (χ4n) is 3.47. The molecule has 0 spiro atoms. The van der Waals surface area contributed by atoms with Crippen LogP contribution in [0.25, 0.3) is 6.08 Å². The first kappa shape index (κ1) is 21.8. The second-order valence-electron chi connectivity index (χ2n) is 6.92. The number of alkyl halides is 2. The van der Waals surface area contributed by atoms with Crippen LogP contribution in [-0.4, -0.2) is 16.9 Å². The molecule has 3 aromatic rings. The van der Waals surface area contributed by atoms with Crippen LogP contribution in [0.3, 0.4) is 0 Å². The number of halogens is 2. The molecule has 0 aromatic heterocycles. The third-order valence-electron chi connectivity index (χ3n) is 4.94. The summed E-state index contributed by atoms with van der Waals surface area (Å²) >= 11 is 4.38. The van der Waals surface area contributed by atoms with Gasteiger partial charge in [0.1, 0.15) is 11.3 Å². The summed E-state index contributed by atoms with van der Waals surface area (Å²) in [6.45, 7) is 0. The predicted molar refractivity (Wildman–Crippen MR) is 139 cm³/mol. The third kappa shape index (κ3) is 4.20. The summed E-state index contributed by atoms with van der Waals surface area (Å²) in [5.74, 6) is -0.507. The molecule has 4 rings (SSSR count). The molecule has 156 valence electrons. The zero-order valence-corrected chi connectivity index (χ0v) is 20.6. The molecule has 0 atom stereocenters. The highest BCUT2D eigenvalue weighted by Gasteiger charge is 2.42. The Bertz CT molecular complexity index is 1080. The lowest BCUT2D eigenvalue weighted by atomic mass is 10.0.